The Balaban J connectivity index is 3.75. The minimum Gasteiger partial charge on any atom is -0.380 e. The molecule has 0 aromatic carbocycles. The molecule has 5 nitrogen and oxygen atoms in total. The molecule has 0 rings (SSSR count). The van der Waals surface area contributed by atoms with Gasteiger partial charge in [0.2, 0.25) is 5.91 Å². The molecule has 0 bridgehead atoms. The molecule has 0 heterocycles. The monoisotopic (exact) mass is 257 g/mol. The van der Waals surface area contributed by atoms with E-state index >= 15 is 0 Å². The molecule has 0 aliphatic carbocycles. The van der Waals surface area contributed by atoms with Crippen LogP contribution in [0.5, 0.6) is 0 Å². The van der Waals surface area contributed by atoms with E-state index in [4.69, 9.17) is 4.74 Å². The standard InChI is InChI=1S/C13H23NO4/c1-10(2)12(16)9-14(4)13(17)6-8-18-7-5-11(3)15/h10H,5-9H2,1-4H3. The van der Waals surface area contributed by atoms with Crippen molar-refractivity contribution in [2.45, 2.75) is 33.6 Å². The molecule has 104 valence electrons. The van der Waals surface area contributed by atoms with Gasteiger partial charge in [0.1, 0.15) is 5.78 Å². The Hall–Kier alpha value is -1.23. The second-order valence-corrected chi connectivity index (χ2v) is 4.69. The average Bonchev–Trinajstić information content (AvgIpc) is 2.27. The highest BCUT2D eigenvalue weighted by atomic mass is 16.5. The Morgan fingerprint density at radius 3 is 2.17 bits per heavy atom. The summed E-state index contributed by atoms with van der Waals surface area (Å²) in [5, 5.41) is 0. The van der Waals surface area contributed by atoms with Gasteiger partial charge in [-0.1, -0.05) is 13.8 Å². The molecule has 0 aliphatic heterocycles. The van der Waals surface area contributed by atoms with E-state index in [9.17, 15) is 14.4 Å². The second-order valence-electron chi connectivity index (χ2n) is 4.69. The number of carbonyl (C=O) groups excluding carboxylic acids is 3. The number of nitrogens with zero attached hydrogens (tertiary/aromatic N) is 1. The van der Waals surface area contributed by atoms with Crippen LogP contribution in [0.15, 0.2) is 0 Å². The molecule has 0 aromatic rings. The largest absolute Gasteiger partial charge is 0.380 e. The van der Waals surface area contributed by atoms with Crippen LogP contribution in [0.2, 0.25) is 0 Å². The second kappa shape index (κ2) is 8.80. The maximum Gasteiger partial charge on any atom is 0.225 e. The summed E-state index contributed by atoms with van der Waals surface area (Å²) in [5.41, 5.74) is 0. The van der Waals surface area contributed by atoms with E-state index in [0.29, 0.717) is 13.0 Å². The lowest BCUT2D eigenvalue weighted by Gasteiger charge is -2.17. The van der Waals surface area contributed by atoms with Crippen LogP contribution in [-0.4, -0.2) is 49.2 Å². The fourth-order valence-electron chi connectivity index (χ4n) is 1.17. The van der Waals surface area contributed by atoms with Gasteiger partial charge in [-0.3, -0.25) is 14.4 Å². The molecule has 0 N–H and O–H groups in total. The number of amides is 1. The lowest BCUT2D eigenvalue weighted by atomic mass is 10.1. The number of hydrogen-bond acceptors (Lipinski definition) is 4. The third-order valence-corrected chi connectivity index (χ3v) is 2.52. The first-order valence-electron chi connectivity index (χ1n) is 6.18. The SMILES string of the molecule is CC(=O)CCOCCC(=O)N(C)CC(=O)C(C)C. The summed E-state index contributed by atoms with van der Waals surface area (Å²) in [6.45, 7) is 5.89. The van der Waals surface area contributed by atoms with Crippen molar-refractivity contribution >= 4 is 17.5 Å². The van der Waals surface area contributed by atoms with Gasteiger partial charge in [0.15, 0.2) is 5.78 Å². The number of Topliss-reactive ketones (excluding diaryl/α,β-unsaturated/α-hetero) is 2. The molecule has 0 atom stereocenters. The van der Waals surface area contributed by atoms with Crippen LogP contribution in [0, 0.1) is 5.92 Å². The Labute approximate surface area is 108 Å². The van der Waals surface area contributed by atoms with Crippen molar-refractivity contribution < 1.29 is 19.1 Å². The zero-order chi connectivity index (χ0) is 14.1. The molecule has 0 saturated carbocycles. The van der Waals surface area contributed by atoms with E-state index < -0.39 is 0 Å². The zero-order valence-corrected chi connectivity index (χ0v) is 11.7. The van der Waals surface area contributed by atoms with Crippen LogP contribution < -0.4 is 0 Å². The zero-order valence-electron chi connectivity index (χ0n) is 11.7. The third-order valence-electron chi connectivity index (χ3n) is 2.52. The quantitative estimate of drug-likeness (QED) is 0.579. The summed E-state index contributed by atoms with van der Waals surface area (Å²) in [5.74, 6) is -0.0665. The molecule has 1 amide bonds. The highest BCUT2D eigenvalue weighted by molar-refractivity contribution is 5.87. The first-order valence-corrected chi connectivity index (χ1v) is 6.18. The first kappa shape index (κ1) is 16.8. The topological polar surface area (TPSA) is 63.7 Å². The van der Waals surface area contributed by atoms with Crippen molar-refractivity contribution in [3.8, 4) is 0 Å². The predicted molar refractivity (Wildman–Crippen MR) is 68.2 cm³/mol. The van der Waals surface area contributed by atoms with Crippen molar-refractivity contribution in [1.82, 2.24) is 4.90 Å². The van der Waals surface area contributed by atoms with Crippen molar-refractivity contribution in [3.05, 3.63) is 0 Å². The van der Waals surface area contributed by atoms with Crippen LogP contribution in [0.4, 0.5) is 0 Å². The maximum absolute atomic E-state index is 11.6. The molecule has 0 fully saturated rings. The van der Waals surface area contributed by atoms with E-state index in [-0.39, 0.29) is 43.0 Å². The molecule has 0 unspecified atom stereocenters. The van der Waals surface area contributed by atoms with E-state index in [1.807, 2.05) is 13.8 Å². The Kier molecular flexibility index (Phi) is 8.20. The van der Waals surface area contributed by atoms with E-state index in [1.165, 1.54) is 11.8 Å². The number of rotatable bonds is 9. The minimum absolute atomic E-state index is 0.0448. The van der Waals surface area contributed by atoms with Crippen molar-refractivity contribution in [2.24, 2.45) is 5.92 Å². The number of hydrogen-bond donors (Lipinski definition) is 0. The van der Waals surface area contributed by atoms with Crippen molar-refractivity contribution in [2.75, 3.05) is 26.8 Å². The molecule has 0 radical (unpaired) electrons. The normalized spacial score (nSPS) is 10.5. The molecular formula is C13H23NO4. The molecule has 18 heavy (non-hydrogen) atoms. The van der Waals surface area contributed by atoms with Gasteiger partial charge in [0.25, 0.3) is 0 Å². The van der Waals surface area contributed by atoms with Crippen molar-refractivity contribution in [3.63, 3.8) is 0 Å². The highest BCUT2D eigenvalue weighted by Gasteiger charge is 2.14. The average molecular weight is 257 g/mol. The Morgan fingerprint density at radius 2 is 1.67 bits per heavy atom. The van der Waals surface area contributed by atoms with Gasteiger partial charge in [-0.15, -0.1) is 0 Å². The lowest BCUT2D eigenvalue weighted by Crippen LogP contribution is -2.34. The van der Waals surface area contributed by atoms with Gasteiger partial charge in [0, 0.05) is 19.4 Å². The van der Waals surface area contributed by atoms with Gasteiger partial charge in [0.05, 0.1) is 26.2 Å². The van der Waals surface area contributed by atoms with E-state index in [0.717, 1.165) is 0 Å². The number of ketones is 2. The fraction of sp³-hybridized carbons (Fsp3) is 0.769. The smallest absolute Gasteiger partial charge is 0.225 e. The fourth-order valence-corrected chi connectivity index (χ4v) is 1.17. The number of ether oxygens (including phenoxy) is 1. The third kappa shape index (κ3) is 7.95. The van der Waals surface area contributed by atoms with Crippen LogP contribution in [0.1, 0.15) is 33.6 Å². The molecule has 0 saturated heterocycles. The van der Waals surface area contributed by atoms with E-state index in [2.05, 4.69) is 0 Å². The molecule has 0 spiro atoms. The van der Waals surface area contributed by atoms with Gasteiger partial charge in [-0.2, -0.15) is 0 Å². The maximum atomic E-state index is 11.6. The summed E-state index contributed by atoms with van der Waals surface area (Å²) in [6.07, 6.45) is 0.607. The van der Waals surface area contributed by atoms with Crippen LogP contribution in [0.25, 0.3) is 0 Å². The van der Waals surface area contributed by atoms with Gasteiger partial charge in [-0.25, -0.2) is 0 Å². The minimum atomic E-state index is -0.119. The summed E-state index contributed by atoms with van der Waals surface area (Å²) in [4.78, 5) is 35.1. The summed E-state index contributed by atoms with van der Waals surface area (Å²) < 4.78 is 5.16. The Bertz CT molecular complexity index is 299. The lowest BCUT2D eigenvalue weighted by molar-refractivity contribution is -0.135. The van der Waals surface area contributed by atoms with Crippen LogP contribution >= 0.6 is 0 Å². The molecule has 0 aromatic heterocycles. The molecule has 5 heteroatoms. The highest BCUT2D eigenvalue weighted by Crippen LogP contribution is 1.99. The predicted octanol–water partition coefficient (Wildman–Crippen LogP) is 1.06. The molecule has 0 aliphatic rings. The van der Waals surface area contributed by atoms with Crippen LogP contribution in [-0.2, 0) is 19.1 Å². The van der Waals surface area contributed by atoms with Gasteiger partial charge >= 0.3 is 0 Å². The van der Waals surface area contributed by atoms with Crippen LogP contribution in [0.3, 0.4) is 0 Å². The first-order chi connectivity index (χ1) is 8.34. The molecular weight excluding hydrogens is 234 g/mol. The van der Waals surface area contributed by atoms with Gasteiger partial charge < -0.3 is 9.64 Å². The van der Waals surface area contributed by atoms with Gasteiger partial charge in [-0.05, 0) is 6.92 Å². The van der Waals surface area contributed by atoms with Crippen molar-refractivity contribution in [1.29, 1.82) is 0 Å². The summed E-state index contributed by atoms with van der Waals surface area (Å²) in [6, 6.07) is 0. The number of likely N-dealkylation sites (N-methyl/N-ethyl adjacent to an activating group) is 1. The summed E-state index contributed by atoms with van der Waals surface area (Å²) in [7, 11) is 1.61. The summed E-state index contributed by atoms with van der Waals surface area (Å²) >= 11 is 0. The number of carbonyl (C=O) groups is 3. The van der Waals surface area contributed by atoms with E-state index in [1.54, 1.807) is 7.05 Å². The Morgan fingerprint density at radius 1 is 1.11 bits per heavy atom.